The van der Waals surface area contributed by atoms with Crippen LogP contribution in [0.15, 0.2) is 89.7 Å². The molecule has 0 amide bonds. The zero-order chi connectivity index (χ0) is 33.5. The number of hydrogen-bond acceptors (Lipinski definition) is 15. The second-order valence-electron chi connectivity index (χ2n) is 8.74. The summed E-state index contributed by atoms with van der Waals surface area (Å²) in [6.07, 6.45) is 0. The molecule has 0 heterocycles. The van der Waals surface area contributed by atoms with Crippen molar-refractivity contribution in [3.63, 3.8) is 0 Å². The van der Waals surface area contributed by atoms with Crippen LogP contribution in [0, 0.1) is 0 Å². The third-order valence-corrected chi connectivity index (χ3v) is 8.76. The number of nitrogens with one attached hydrogen (secondary N) is 1. The van der Waals surface area contributed by atoms with E-state index in [0.29, 0.717) is 12.1 Å². The highest BCUT2D eigenvalue weighted by Crippen LogP contribution is 2.48. The van der Waals surface area contributed by atoms with Gasteiger partial charge in [0, 0.05) is 22.6 Å². The van der Waals surface area contributed by atoms with Gasteiger partial charge < -0.3 is 25.8 Å². The molecule has 0 aromatic heterocycles. The number of aromatic hydroxyl groups is 1. The number of rotatable bonds is 9. The van der Waals surface area contributed by atoms with Gasteiger partial charge in [-0.2, -0.15) is 30.4 Å². The van der Waals surface area contributed by atoms with E-state index in [2.05, 4.69) is 25.2 Å². The molecular weight excluding hydrogens is 683 g/mol. The van der Waals surface area contributed by atoms with E-state index in [9.17, 15) is 52.8 Å². The SMILES string of the molecule is Nc1ccc(S(=O)(=O)O)c(N=Nc2c(S(=O)(=O)O)cc3cc(S(=O)(=O)O)c(N=Nc4ccc(NS(=O)[O-])cc4)c(N)c3c2O)c1. The lowest BCUT2D eigenvalue weighted by molar-refractivity contribution is 0.472. The Morgan fingerprint density at radius 3 is 1.78 bits per heavy atom. The summed E-state index contributed by atoms with van der Waals surface area (Å²) in [5, 5.41) is 24.8. The fourth-order valence-corrected chi connectivity index (χ4v) is 6.10. The lowest BCUT2D eigenvalue weighted by Crippen LogP contribution is -2.04. The molecule has 1 atom stereocenters. The van der Waals surface area contributed by atoms with Crippen LogP contribution in [0.4, 0.5) is 39.8 Å². The van der Waals surface area contributed by atoms with E-state index < -0.39 is 95.6 Å². The van der Waals surface area contributed by atoms with Gasteiger partial charge in [0.2, 0.25) is 0 Å². The van der Waals surface area contributed by atoms with Crippen molar-refractivity contribution >= 4 is 92.2 Å². The summed E-state index contributed by atoms with van der Waals surface area (Å²) in [7, 11) is -15.3. The summed E-state index contributed by atoms with van der Waals surface area (Å²) in [5.41, 5.74) is 8.82. The molecule has 0 aliphatic rings. The van der Waals surface area contributed by atoms with Gasteiger partial charge in [0.05, 0.1) is 16.8 Å². The van der Waals surface area contributed by atoms with Crippen molar-refractivity contribution in [2.24, 2.45) is 20.5 Å². The quantitative estimate of drug-likeness (QED) is 0.0569. The minimum atomic E-state index is -5.27. The van der Waals surface area contributed by atoms with Crippen LogP contribution in [0.5, 0.6) is 5.75 Å². The van der Waals surface area contributed by atoms with Gasteiger partial charge in [-0.05, 0) is 60.0 Å². The van der Waals surface area contributed by atoms with E-state index in [1.165, 1.54) is 24.3 Å². The minimum Gasteiger partial charge on any atom is -0.755 e. The molecule has 45 heavy (non-hydrogen) atoms. The average Bonchev–Trinajstić information content (AvgIpc) is 2.90. The molecule has 0 spiro atoms. The third kappa shape index (κ3) is 7.37. The summed E-state index contributed by atoms with van der Waals surface area (Å²) in [6.45, 7) is 0. The number of azo groups is 2. The Morgan fingerprint density at radius 1 is 0.711 bits per heavy atom. The first-order chi connectivity index (χ1) is 20.8. The van der Waals surface area contributed by atoms with Crippen LogP contribution in [0.2, 0.25) is 0 Å². The Kier molecular flexibility index (Phi) is 8.91. The molecule has 4 aromatic carbocycles. The minimum absolute atomic E-state index is 0.0372. The molecule has 0 radical (unpaired) electrons. The van der Waals surface area contributed by atoms with Crippen molar-refractivity contribution in [1.82, 2.24) is 0 Å². The maximum absolute atomic E-state index is 12.2. The number of phenolic OH excluding ortho intramolecular Hbond substituents is 1. The van der Waals surface area contributed by atoms with Gasteiger partial charge >= 0.3 is 0 Å². The summed E-state index contributed by atoms with van der Waals surface area (Å²) in [5.74, 6) is -1.13. The molecule has 1 unspecified atom stereocenters. The Morgan fingerprint density at radius 2 is 1.24 bits per heavy atom. The van der Waals surface area contributed by atoms with Crippen LogP contribution < -0.4 is 16.2 Å². The molecule has 4 aromatic rings. The van der Waals surface area contributed by atoms with E-state index in [4.69, 9.17) is 11.5 Å². The zero-order valence-corrected chi connectivity index (χ0v) is 25.1. The number of hydrogen-bond donors (Lipinski definition) is 7. The lowest BCUT2D eigenvalue weighted by atomic mass is 10.1. The first-order valence-electron chi connectivity index (χ1n) is 11.5. The first kappa shape index (κ1) is 33.3. The second kappa shape index (κ2) is 12.1. The topological polar surface area (TPSA) is 337 Å². The van der Waals surface area contributed by atoms with Gasteiger partial charge in [-0.3, -0.25) is 17.9 Å². The highest BCUT2D eigenvalue weighted by molar-refractivity contribution is 7.86. The van der Waals surface area contributed by atoms with Gasteiger partial charge in [0.15, 0.2) is 5.75 Å². The molecular formula is C22H18N7O12S4-. The normalized spacial score (nSPS) is 13.5. The van der Waals surface area contributed by atoms with Crippen LogP contribution in [-0.4, -0.2) is 52.8 Å². The van der Waals surface area contributed by atoms with Crippen molar-refractivity contribution in [2.45, 2.75) is 14.7 Å². The zero-order valence-electron chi connectivity index (χ0n) is 21.8. The van der Waals surface area contributed by atoms with Gasteiger partial charge in [0.25, 0.3) is 30.4 Å². The van der Waals surface area contributed by atoms with Gasteiger partial charge in [0.1, 0.15) is 31.7 Å². The molecule has 0 saturated carbocycles. The fourth-order valence-electron chi connectivity index (χ4n) is 3.84. The molecule has 0 fully saturated rings. The van der Waals surface area contributed by atoms with E-state index in [-0.39, 0.29) is 17.1 Å². The van der Waals surface area contributed by atoms with Crippen LogP contribution in [-0.2, 0) is 41.6 Å². The molecule has 4 rings (SSSR count). The molecule has 23 heteroatoms. The van der Waals surface area contributed by atoms with E-state index in [1.54, 1.807) is 0 Å². The number of nitrogens with two attached hydrogens (primary N) is 2. The average molecular weight is 701 g/mol. The molecule has 0 saturated heterocycles. The van der Waals surface area contributed by atoms with Crippen LogP contribution >= 0.6 is 0 Å². The predicted octanol–water partition coefficient (Wildman–Crippen LogP) is 3.49. The van der Waals surface area contributed by atoms with Gasteiger partial charge in [-0.25, -0.2) is 0 Å². The van der Waals surface area contributed by atoms with Crippen LogP contribution in [0.25, 0.3) is 10.8 Å². The highest BCUT2D eigenvalue weighted by Gasteiger charge is 2.28. The standard InChI is InChI=1S/C22H19N7O12S4/c23-11-1-6-15(43(33,34)35)14(9-11)26-28-21-17(45(39,40)41)8-10-7-16(44(36,37)38)20(19(24)18(10)22(21)30)27-25-12-2-4-13(5-3-12)29-42(31)32/h1-9,29-30H,23-24H2,(H,31,32)(H,33,34,35)(H,36,37,38)(H,39,40,41)/p-1. The number of fused-ring (bicyclic) bond motifs is 1. The predicted molar refractivity (Wildman–Crippen MR) is 158 cm³/mol. The van der Waals surface area contributed by atoms with Crippen LogP contribution in [0.1, 0.15) is 0 Å². The first-order valence-corrected chi connectivity index (χ1v) is 16.9. The number of benzene rings is 4. The Labute approximate surface area is 256 Å². The number of nitrogen functional groups attached to an aromatic ring is 2. The van der Waals surface area contributed by atoms with Crippen molar-refractivity contribution in [2.75, 3.05) is 16.2 Å². The van der Waals surface area contributed by atoms with E-state index >= 15 is 0 Å². The van der Waals surface area contributed by atoms with Crippen molar-refractivity contribution in [3.8, 4) is 5.75 Å². The molecule has 0 aliphatic carbocycles. The Hall–Kier alpha value is -4.62. The molecule has 0 aliphatic heterocycles. The monoisotopic (exact) mass is 700 g/mol. The summed E-state index contributed by atoms with van der Waals surface area (Å²) in [6, 6.07) is 9.30. The highest BCUT2D eigenvalue weighted by atomic mass is 32.2. The van der Waals surface area contributed by atoms with Crippen molar-refractivity contribution in [3.05, 3.63) is 54.6 Å². The number of anilines is 3. The fraction of sp³-hybridized carbons (Fsp3) is 0. The van der Waals surface area contributed by atoms with Gasteiger partial charge in [-0.15, -0.1) is 15.3 Å². The Bertz CT molecular complexity index is 2280. The molecule has 19 nitrogen and oxygen atoms in total. The number of nitrogens with zero attached hydrogens (tertiary/aromatic N) is 4. The molecule has 238 valence electrons. The maximum atomic E-state index is 12.2. The summed E-state index contributed by atoms with van der Waals surface area (Å²) < 4.78 is 125. The van der Waals surface area contributed by atoms with E-state index in [1.807, 2.05) is 0 Å². The summed E-state index contributed by atoms with van der Waals surface area (Å²) >= 11 is -2.62. The Balaban J connectivity index is 1.99. The second-order valence-corrected chi connectivity index (χ2v) is 13.6. The van der Waals surface area contributed by atoms with Crippen molar-refractivity contribution in [1.29, 1.82) is 0 Å². The lowest BCUT2D eigenvalue weighted by Gasteiger charge is -2.14. The van der Waals surface area contributed by atoms with E-state index in [0.717, 1.165) is 18.2 Å². The largest absolute Gasteiger partial charge is 0.755 e. The smallest absolute Gasteiger partial charge is 0.296 e. The van der Waals surface area contributed by atoms with Gasteiger partial charge in [-0.1, -0.05) is 0 Å². The number of phenols is 1. The van der Waals surface area contributed by atoms with Crippen LogP contribution in [0.3, 0.4) is 0 Å². The maximum Gasteiger partial charge on any atom is 0.296 e. The molecule has 0 bridgehead atoms. The molecule has 9 N–H and O–H groups in total. The van der Waals surface area contributed by atoms with Crippen molar-refractivity contribution < 1.29 is 52.8 Å². The summed E-state index contributed by atoms with van der Waals surface area (Å²) in [4.78, 5) is -2.96. The third-order valence-electron chi connectivity index (χ3n) is 5.72.